The molecule has 2 aromatic heterocycles. The van der Waals surface area contributed by atoms with Crippen molar-refractivity contribution in [3.05, 3.63) is 29.2 Å². The number of anilines is 1. The maximum absolute atomic E-state index is 12.8. The van der Waals surface area contributed by atoms with Crippen molar-refractivity contribution in [2.24, 2.45) is 0 Å². The van der Waals surface area contributed by atoms with E-state index in [0.29, 0.717) is 24.7 Å². The number of fused-ring (bicyclic) bond motifs is 1. The van der Waals surface area contributed by atoms with Crippen molar-refractivity contribution < 1.29 is 14.1 Å². The summed E-state index contributed by atoms with van der Waals surface area (Å²) >= 11 is 0. The Morgan fingerprint density at radius 3 is 2.88 bits per heavy atom. The van der Waals surface area contributed by atoms with Crippen LogP contribution >= 0.6 is 0 Å². The summed E-state index contributed by atoms with van der Waals surface area (Å²) in [5.74, 6) is 2.07. The van der Waals surface area contributed by atoms with E-state index in [1.807, 2.05) is 25.1 Å². The number of carbonyl (C=O) groups excluding carboxylic acids is 1. The first-order valence-electron chi connectivity index (χ1n) is 9.06. The Kier molecular flexibility index (Phi) is 4.48. The largest absolute Gasteiger partial charge is 0.471 e. The van der Waals surface area contributed by atoms with Gasteiger partial charge in [0.2, 0.25) is 5.88 Å². The molecule has 8 heteroatoms. The molecule has 0 saturated carbocycles. The summed E-state index contributed by atoms with van der Waals surface area (Å²) in [4.78, 5) is 16.5. The summed E-state index contributed by atoms with van der Waals surface area (Å²) in [6.45, 7) is 1.17. The molecule has 1 saturated heterocycles. The molecule has 0 N–H and O–H groups in total. The Hall–Kier alpha value is -2.64. The van der Waals surface area contributed by atoms with Crippen molar-refractivity contribution >= 4 is 11.7 Å². The van der Waals surface area contributed by atoms with E-state index in [2.05, 4.69) is 15.4 Å². The van der Waals surface area contributed by atoms with Crippen LogP contribution in [0.25, 0.3) is 0 Å². The predicted octanol–water partition coefficient (Wildman–Crippen LogP) is 1.70. The molecule has 0 aromatic carbocycles. The topological polar surface area (TPSA) is 84.6 Å². The number of rotatable bonds is 4. The van der Waals surface area contributed by atoms with Gasteiger partial charge in [0.1, 0.15) is 11.9 Å². The lowest BCUT2D eigenvalue weighted by molar-refractivity contribution is 0.0759. The van der Waals surface area contributed by atoms with E-state index in [1.165, 1.54) is 0 Å². The van der Waals surface area contributed by atoms with E-state index in [4.69, 9.17) is 9.26 Å². The number of nitrogens with zero attached hydrogens (tertiary/aromatic N) is 5. The van der Waals surface area contributed by atoms with Gasteiger partial charge in [0.05, 0.1) is 6.54 Å². The molecule has 2 aromatic rings. The lowest BCUT2D eigenvalue weighted by Gasteiger charge is -2.17. The van der Waals surface area contributed by atoms with Crippen molar-refractivity contribution in [1.82, 2.24) is 20.3 Å². The molecular formula is C18H23N5O3. The number of likely N-dealkylation sites (tertiary alicyclic amines) is 1. The third kappa shape index (κ3) is 3.23. The van der Waals surface area contributed by atoms with Gasteiger partial charge in [0.15, 0.2) is 11.5 Å². The number of hydrogen-bond acceptors (Lipinski definition) is 7. The maximum atomic E-state index is 12.8. The third-order valence-electron chi connectivity index (χ3n) is 4.96. The fourth-order valence-corrected chi connectivity index (χ4v) is 3.50. The van der Waals surface area contributed by atoms with Crippen molar-refractivity contribution in [2.75, 3.05) is 32.1 Å². The van der Waals surface area contributed by atoms with E-state index in [-0.39, 0.29) is 12.0 Å². The van der Waals surface area contributed by atoms with E-state index >= 15 is 0 Å². The SMILES string of the molecule is CN(C)c1ccc(O[C@H]2CCN(C(=O)c3noc4c3CCCC4)C2)nn1. The van der Waals surface area contributed by atoms with Crippen LogP contribution in [0.2, 0.25) is 0 Å². The molecule has 1 aliphatic carbocycles. The van der Waals surface area contributed by atoms with E-state index in [0.717, 1.165) is 49.2 Å². The van der Waals surface area contributed by atoms with Crippen LogP contribution in [0.4, 0.5) is 5.82 Å². The van der Waals surface area contributed by atoms with Crippen LogP contribution in [0.15, 0.2) is 16.7 Å². The summed E-state index contributed by atoms with van der Waals surface area (Å²) < 4.78 is 11.3. The molecule has 0 unspecified atom stereocenters. The lowest BCUT2D eigenvalue weighted by Crippen LogP contribution is -2.32. The van der Waals surface area contributed by atoms with Gasteiger partial charge < -0.3 is 19.1 Å². The molecule has 1 fully saturated rings. The highest BCUT2D eigenvalue weighted by atomic mass is 16.5. The highest BCUT2D eigenvalue weighted by Crippen LogP contribution is 2.26. The van der Waals surface area contributed by atoms with Crippen LogP contribution in [0, 0.1) is 0 Å². The van der Waals surface area contributed by atoms with Gasteiger partial charge in [0, 0.05) is 45.1 Å². The average molecular weight is 357 g/mol. The zero-order chi connectivity index (χ0) is 18.1. The third-order valence-corrected chi connectivity index (χ3v) is 4.96. The Morgan fingerprint density at radius 2 is 2.12 bits per heavy atom. The minimum atomic E-state index is -0.0822. The fraction of sp³-hybridized carbons (Fsp3) is 0.556. The van der Waals surface area contributed by atoms with Gasteiger partial charge in [-0.15, -0.1) is 10.2 Å². The normalized spacial score (nSPS) is 19.3. The molecule has 4 rings (SSSR count). The van der Waals surface area contributed by atoms with Crippen molar-refractivity contribution in [3.8, 4) is 5.88 Å². The maximum Gasteiger partial charge on any atom is 0.276 e. The monoisotopic (exact) mass is 357 g/mol. The standard InChI is InChI=1S/C18H23N5O3/c1-22(2)15-7-8-16(20-19-15)25-12-9-10-23(11-12)18(24)17-13-5-3-4-6-14(13)26-21-17/h7-8,12H,3-6,9-11H2,1-2H3/t12-/m0/s1. The molecular weight excluding hydrogens is 334 g/mol. The second-order valence-corrected chi connectivity index (χ2v) is 7.04. The number of hydrogen-bond donors (Lipinski definition) is 0. The van der Waals surface area contributed by atoms with Gasteiger partial charge in [-0.3, -0.25) is 4.79 Å². The van der Waals surface area contributed by atoms with Gasteiger partial charge in [-0.2, -0.15) is 0 Å². The van der Waals surface area contributed by atoms with Crippen LogP contribution in [0.3, 0.4) is 0 Å². The summed E-state index contributed by atoms with van der Waals surface area (Å²) in [6.07, 6.45) is 4.62. The molecule has 0 radical (unpaired) electrons. The number of aromatic nitrogens is 3. The van der Waals surface area contributed by atoms with Crippen LogP contribution in [0.5, 0.6) is 5.88 Å². The highest BCUT2D eigenvalue weighted by molar-refractivity contribution is 5.94. The van der Waals surface area contributed by atoms with Crippen LogP contribution in [0.1, 0.15) is 41.1 Å². The molecule has 26 heavy (non-hydrogen) atoms. The van der Waals surface area contributed by atoms with Crippen LogP contribution in [-0.4, -0.2) is 59.4 Å². The second kappa shape index (κ2) is 6.93. The summed E-state index contributed by atoms with van der Waals surface area (Å²) in [5.41, 5.74) is 1.48. The Balaban J connectivity index is 1.39. The number of ether oxygens (including phenoxy) is 1. The lowest BCUT2D eigenvalue weighted by atomic mass is 9.96. The van der Waals surface area contributed by atoms with Crippen molar-refractivity contribution in [2.45, 2.75) is 38.2 Å². The minimum Gasteiger partial charge on any atom is -0.471 e. The van der Waals surface area contributed by atoms with Gasteiger partial charge in [0.25, 0.3) is 5.91 Å². The molecule has 8 nitrogen and oxygen atoms in total. The predicted molar refractivity (Wildman–Crippen MR) is 94.4 cm³/mol. The minimum absolute atomic E-state index is 0.0583. The fourth-order valence-electron chi connectivity index (χ4n) is 3.50. The van der Waals surface area contributed by atoms with E-state index < -0.39 is 0 Å². The smallest absolute Gasteiger partial charge is 0.276 e. The zero-order valence-corrected chi connectivity index (χ0v) is 15.1. The Labute approximate surface area is 152 Å². The number of aryl methyl sites for hydroxylation is 1. The molecule has 2 aliphatic rings. The van der Waals surface area contributed by atoms with Crippen molar-refractivity contribution in [1.29, 1.82) is 0 Å². The molecule has 1 amide bonds. The summed E-state index contributed by atoms with van der Waals surface area (Å²) in [7, 11) is 3.82. The van der Waals surface area contributed by atoms with E-state index in [1.54, 1.807) is 11.0 Å². The molecule has 138 valence electrons. The van der Waals surface area contributed by atoms with Gasteiger partial charge in [-0.25, -0.2) is 0 Å². The molecule has 0 spiro atoms. The van der Waals surface area contributed by atoms with Gasteiger partial charge in [-0.1, -0.05) is 5.16 Å². The highest BCUT2D eigenvalue weighted by Gasteiger charge is 2.33. The summed E-state index contributed by atoms with van der Waals surface area (Å²) in [6, 6.07) is 3.67. The zero-order valence-electron chi connectivity index (χ0n) is 15.1. The Morgan fingerprint density at radius 1 is 1.27 bits per heavy atom. The molecule has 0 bridgehead atoms. The Bertz CT molecular complexity index is 787. The van der Waals surface area contributed by atoms with Gasteiger partial charge >= 0.3 is 0 Å². The van der Waals surface area contributed by atoms with Crippen LogP contribution < -0.4 is 9.64 Å². The first kappa shape index (κ1) is 16.8. The first-order valence-corrected chi connectivity index (χ1v) is 9.06. The summed E-state index contributed by atoms with van der Waals surface area (Å²) in [5, 5.41) is 12.3. The van der Waals surface area contributed by atoms with Gasteiger partial charge in [-0.05, 0) is 25.3 Å². The first-order chi connectivity index (χ1) is 12.6. The average Bonchev–Trinajstić information content (AvgIpc) is 3.28. The number of amides is 1. The van der Waals surface area contributed by atoms with Crippen molar-refractivity contribution in [3.63, 3.8) is 0 Å². The van der Waals surface area contributed by atoms with E-state index in [9.17, 15) is 4.79 Å². The number of carbonyl (C=O) groups is 1. The molecule has 1 aliphatic heterocycles. The molecule has 1 atom stereocenters. The quantitative estimate of drug-likeness (QED) is 0.823. The molecule has 3 heterocycles. The van der Waals surface area contributed by atoms with Crippen LogP contribution in [-0.2, 0) is 12.8 Å². The second-order valence-electron chi connectivity index (χ2n) is 7.04.